The van der Waals surface area contributed by atoms with Crippen LogP contribution in [0.4, 0.5) is 26.3 Å². The third kappa shape index (κ3) is 18.2. The molecule has 6 atom stereocenters. The van der Waals surface area contributed by atoms with E-state index in [4.69, 9.17) is 28.6 Å². The number of rotatable bonds is 17. The maximum Gasteiger partial charge on any atom is 0.278 e. The maximum atomic E-state index is 15.6. The van der Waals surface area contributed by atoms with E-state index >= 15 is 13.2 Å². The van der Waals surface area contributed by atoms with Gasteiger partial charge in [0.2, 0.25) is 16.3 Å². The average molecular weight is 2040 g/mol. The van der Waals surface area contributed by atoms with Gasteiger partial charge >= 0.3 is 0 Å². The highest BCUT2D eigenvalue weighted by atomic mass is 79.9. The first-order chi connectivity index (χ1) is 65.2. The number of benzene rings is 8. The quantitative estimate of drug-likeness (QED) is 0.0634. The fourth-order valence-corrected chi connectivity index (χ4v) is 26.7. The van der Waals surface area contributed by atoms with Crippen LogP contribution in [0.1, 0.15) is 152 Å². The molecule has 38 heteroatoms. The molecule has 11 aromatic rings. The summed E-state index contributed by atoms with van der Waals surface area (Å²) in [5.74, 6) is -7.38. The predicted octanol–water partition coefficient (Wildman–Crippen LogP) is 13.9. The van der Waals surface area contributed by atoms with Crippen LogP contribution < -0.4 is 56.1 Å². The molecule has 12 heterocycles. The molecule has 0 aliphatic carbocycles. The summed E-state index contributed by atoms with van der Waals surface area (Å²) in [6, 6.07) is 47.4. The zero-order valence-corrected chi connectivity index (χ0v) is 81.5. The standard InChI is InChI=1S/C35H34F2N3O5PS.C31H24BrF2N3O4S.C28H28F2N3O5PS.C4H11OP.FH/c1-3-46(43,4-2)27-18-39-32(34(33(27)41)45-19-22-10-6-5-7-11-22)35(42)38-16-17-44-20-29(38)40(39)31-23-14-15-26(36)30(37)25(23)21-47-28-13-9-8-12-24(28)31;32-22-14-36-28(30(29(22)38)41-15-18-6-2-1-3-7-18)31(39)35-12-13-40-16-25(35)37(36)27-19-10-11-23(33)26(34)21(19)17-42-24-9-5-4-8-20(24)27;1-3-39(37,4-2)20-13-32-25(27(35)26(20)34)28(36)31-11-12-38-14-22(31)33(32)24-16-9-10-19(29)23(30)18(16)15-40-21-8-6-5-7-17(21)24;1-3-6(5)4-2;/h5-15,18,29,31H,3-4,16-17,19-21H2,1-2H3;1-11,14,25,27H,12-13,15-17H2;5-10,13,22,24,35H,3-4,11-12,14-15H2,1-2H3;5H,3-4H2,1-2H3;1H/p-1/t29-,31?;25-,27?;22-,24?;;/m111../s1. The van der Waals surface area contributed by atoms with E-state index in [1.54, 1.807) is 70.2 Å². The average Bonchev–Trinajstić information content (AvgIpc) is 1.04. The summed E-state index contributed by atoms with van der Waals surface area (Å²) in [5.41, 5.74) is 4.23. The van der Waals surface area contributed by atoms with E-state index in [0.29, 0.717) is 23.3 Å². The molecular weight excluding hydrogens is 1950 g/mol. The lowest BCUT2D eigenvalue weighted by atomic mass is 9.93. The van der Waals surface area contributed by atoms with Gasteiger partial charge in [0.05, 0.1) is 72.8 Å². The molecule has 9 aliphatic rings. The summed E-state index contributed by atoms with van der Waals surface area (Å²) in [7, 11) is -7.02. The number of aromatic nitrogens is 3. The van der Waals surface area contributed by atoms with Crippen molar-refractivity contribution in [1.82, 2.24) is 28.7 Å². The molecule has 3 fully saturated rings. The molecule has 2 N–H and O–H groups in total. The minimum Gasteiger partial charge on any atom is -1.00 e. The van der Waals surface area contributed by atoms with Crippen LogP contribution in [0.25, 0.3) is 0 Å². The number of pyridine rings is 3. The Balaban J connectivity index is 0.000000143. The lowest BCUT2D eigenvalue weighted by Gasteiger charge is -2.51. The first kappa shape index (κ1) is 98.6. The highest BCUT2D eigenvalue weighted by molar-refractivity contribution is 9.10. The van der Waals surface area contributed by atoms with E-state index in [9.17, 15) is 56.2 Å². The normalized spacial score (nSPS) is 18.9. The summed E-state index contributed by atoms with van der Waals surface area (Å²) in [5, 5.41) is 16.8. The van der Waals surface area contributed by atoms with Crippen molar-refractivity contribution in [2.75, 3.05) is 111 Å². The van der Waals surface area contributed by atoms with Gasteiger partial charge in [-0.05, 0) is 109 Å². The van der Waals surface area contributed by atoms with Gasteiger partial charge in [0, 0.05) is 120 Å². The van der Waals surface area contributed by atoms with E-state index in [0.717, 1.165) is 73.0 Å². The van der Waals surface area contributed by atoms with E-state index in [1.165, 1.54) is 63.3 Å². The molecule has 24 nitrogen and oxygen atoms in total. The molecular formula is C98H97BrF7N9O15P3S3-. The van der Waals surface area contributed by atoms with Crippen LogP contribution in [0.15, 0.2) is 222 Å². The fraction of sp³-hybridized carbons (Fsp3) is 0.327. The van der Waals surface area contributed by atoms with Gasteiger partial charge in [-0.2, -0.15) is 0 Å². The van der Waals surface area contributed by atoms with Crippen molar-refractivity contribution in [1.29, 1.82) is 0 Å². The number of thioether (sulfide) groups is 3. The Labute approximate surface area is 802 Å². The summed E-state index contributed by atoms with van der Waals surface area (Å²) in [4.78, 5) is 99.7. The number of hydrogen-bond acceptors (Lipinski definition) is 21. The van der Waals surface area contributed by atoms with Crippen LogP contribution in [0.3, 0.4) is 0 Å². The van der Waals surface area contributed by atoms with Gasteiger partial charge in [0.1, 0.15) is 46.0 Å². The largest absolute Gasteiger partial charge is 1.00 e. The number of fused-ring (bicyclic) bond motifs is 12. The number of hydrogen-bond donors (Lipinski definition) is 2. The summed E-state index contributed by atoms with van der Waals surface area (Å²) < 4.78 is 153. The first-order valence-electron chi connectivity index (χ1n) is 44.5. The molecule has 0 radical (unpaired) electrons. The number of ether oxygens (including phenoxy) is 5. The van der Waals surface area contributed by atoms with Crippen molar-refractivity contribution in [3.8, 4) is 17.2 Å². The molecule has 0 saturated carbocycles. The summed E-state index contributed by atoms with van der Waals surface area (Å²) >= 11 is 7.61. The van der Waals surface area contributed by atoms with Crippen LogP contribution in [-0.4, -0.2) is 171 Å². The van der Waals surface area contributed by atoms with Crippen molar-refractivity contribution in [2.24, 2.45) is 0 Å². The minimum absolute atomic E-state index is 0. The van der Waals surface area contributed by atoms with Gasteiger partial charge in [0.25, 0.3) is 17.7 Å². The monoisotopic (exact) mass is 2040 g/mol. The van der Waals surface area contributed by atoms with Crippen molar-refractivity contribution in [3.63, 3.8) is 0 Å². The van der Waals surface area contributed by atoms with Gasteiger partial charge in [-0.15, -0.1) is 35.3 Å². The molecule has 9 aliphatic heterocycles. The number of aromatic hydroxyl groups is 1. The van der Waals surface area contributed by atoms with Gasteiger partial charge in [-0.1, -0.05) is 175 Å². The van der Waals surface area contributed by atoms with Gasteiger partial charge < -0.3 is 62.2 Å². The number of morpholine rings is 3. The Morgan fingerprint density at radius 3 is 1.08 bits per heavy atom. The van der Waals surface area contributed by atoms with Gasteiger partial charge in [0.15, 0.2) is 69.2 Å². The molecule has 3 saturated heterocycles. The molecule has 136 heavy (non-hydrogen) atoms. The smallest absolute Gasteiger partial charge is 0.278 e. The molecule has 8 aromatic carbocycles. The Morgan fingerprint density at radius 1 is 0.419 bits per heavy atom. The van der Waals surface area contributed by atoms with E-state index in [-0.39, 0.29) is 179 Å². The van der Waals surface area contributed by atoms with Crippen LogP contribution in [0.2, 0.25) is 0 Å². The third-order valence-electron chi connectivity index (χ3n) is 26.0. The lowest BCUT2D eigenvalue weighted by Crippen LogP contribution is -3.00. The van der Waals surface area contributed by atoms with Crippen molar-refractivity contribution in [2.45, 2.75) is 123 Å². The van der Waals surface area contributed by atoms with Crippen LogP contribution in [0.5, 0.6) is 17.2 Å². The summed E-state index contributed by atoms with van der Waals surface area (Å²) in [6.07, 6.45) is 5.23. The van der Waals surface area contributed by atoms with Crippen LogP contribution in [0, 0.1) is 34.9 Å². The Morgan fingerprint density at radius 2 is 0.735 bits per heavy atom. The van der Waals surface area contributed by atoms with Gasteiger partial charge in [-0.3, -0.25) is 57.8 Å². The second kappa shape index (κ2) is 41.7. The summed E-state index contributed by atoms with van der Waals surface area (Å²) in [6.45, 7) is 13.1. The molecule has 20 rings (SSSR count). The predicted molar refractivity (Wildman–Crippen MR) is 514 cm³/mol. The minimum atomic E-state index is -3.23. The molecule has 3 amide bonds. The number of carbonyl (C=O) groups excluding carboxylic acids is 3. The number of nitrogens with zero attached hydrogens (tertiary/aromatic N) is 9. The molecule has 0 spiro atoms. The Kier molecular flexibility index (Phi) is 30.3. The molecule has 0 bridgehead atoms. The number of amides is 3. The van der Waals surface area contributed by atoms with E-state index < -0.39 is 128 Å². The number of carbonyl (C=O) groups is 3. The fourth-order valence-electron chi connectivity index (χ4n) is 18.7. The van der Waals surface area contributed by atoms with Crippen LogP contribution in [-0.2, 0) is 53.8 Å². The van der Waals surface area contributed by atoms with Crippen molar-refractivity contribution >= 4 is 102 Å². The molecule has 3 aromatic heterocycles. The molecule has 714 valence electrons. The van der Waals surface area contributed by atoms with Crippen molar-refractivity contribution in [3.05, 3.63) is 337 Å². The zero-order valence-electron chi connectivity index (χ0n) is 74.8. The SMILES string of the molecule is CCP(=O)(CC)c1cn2c(c(O)c1=O)C(=O)N1CCOC[C@H]1N2C1c2ccccc2SCc2c1ccc(F)c2F.CCP(=O)(CC)c1cn2c(c(OCc3ccccc3)c1=O)C(=O)N1CCOC[C@H]1N2C1c2ccccc2SCc2c1ccc(F)c2F.CCP(O)CC.O=C1c2c(OCc3ccccc3)c(=O)c(Br)cn2N(C2c3ccccc3SCc3c2ccc(F)c3F)[C@@H]2COCCN12.[F-]. The second-order valence-corrected chi connectivity index (χ2v) is 46.3. The lowest BCUT2D eigenvalue weighted by molar-refractivity contribution is -0.0200. The third-order valence-corrected chi connectivity index (χ3v) is 37.8. The van der Waals surface area contributed by atoms with Crippen molar-refractivity contribution < 1.29 is 88.2 Å². The highest BCUT2D eigenvalue weighted by Crippen LogP contribution is 2.52. The maximum absolute atomic E-state index is 15.6. The molecule has 3 unspecified atom stereocenters. The van der Waals surface area contributed by atoms with Gasteiger partial charge in [-0.25, -0.2) is 26.3 Å². The zero-order chi connectivity index (χ0) is 95.2. The number of halogens is 8. The van der Waals surface area contributed by atoms with E-state index in [1.807, 2.05) is 157 Å². The highest BCUT2D eigenvalue weighted by Gasteiger charge is 2.52. The topological polar surface area (TPSA) is 257 Å². The first-order valence-corrected chi connectivity index (χ1v) is 54.1. The second-order valence-electron chi connectivity index (χ2n) is 33.1. The van der Waals surface area contributed by atoms with E-state index in [2.05, 4.69) is 15.9 Å². The van der Waals surface area contributed by atoms with Crippen LogP contribution >= 0.6 is 73.6 Å². The Bertz CT molecular complexity index is 6720. The Hall–Kier alpha value is -10.4.